The molecule has 4 N–H and O–H groups in total. The molecule has 0 amide bonds. The second-order valence-electron chi connectivity index (χ2n) is 6.51. The van der Waals surface area contributed by atoms with Crippen LogP contribution >= 0.6 is 0 Å². The van der Waals surface area contributed by atoms with Crippen molar-refractivity contribution in [2.24, 2.45) is 11.8 Å². The molecule has 0 aromatic heterocycles. The van der Waals surface area contributed by atoms with Gasteiger partial charge in [0.2, 0.25) is 0 Å². The quantitative estimate of drug-likeness (QED) is 0.592. The van der Waals surface area contributed by atoms with Crippen molar-refractivity contribution < 1.29 is 33.6 Å². The smallest absolute Gasteiger partial charge is 0.391 e. The summed E-state index contributed by atoms with van der Waals surface area (Å²) >= 11 is 0. The van der Waals surface area contributed by atoms with Crippen LogP contribution in [0.1, 0.15) is 25.7 Å². The zero-order valence-electron chi connectivity index (χ0n) is 12.3. The first-order chi connectivity index (χ1) is 10.2. The predicted molar refractivity (Wildman–Crippen MR) is 72.0 cm³/mol. The van der Waals surface area contributed by atoms with Gasteiger partial charge in [-0.25, -0.2) is 0 Å². The summed E-state index contributed by atoms with van der Waals surface area (Å²) in [6, 6.07) is -0.696. The molecular formula is C14H24F3NO4. The van der Waals surface area contributed by atoms with Gasteiger partial charge in [0.15, 0.2) is 0 Å². The molecule has 4 unspecified atom stereocenters. The summed E-state index contributed by atoms with van der Waals surface area (Å²) < 4.78 is 38.0. The van der Waals surface area contributed by atoms with Crippen LogP contribution < -0.4 is 0 Å². The highest BCUT2D eigenvalue weighted by Gasteiger charge is 2.44. The minimum atomic E-state index is -4.14. The molecule has 0 aromatic carbocycles. The van der Waals surface area contributed by atoms with Crippen LogP contribution in [-0.2, 0) is 0 Å². The first-order valence-electron chi connectivity index (χ1n) is 7.69. The maximum Gasteiger partial charge on any atom is 0.391 e. The van der Waals surface area contributed by atoms with Crippen LogP contribution in [0.5, 0.6) is 0 Å². The summed E-state index contributed by atoms with van der Waals surface area (Å²) in [5, 5.41) is 38.6. The van der Waals surface area contributed by atoms with E-state index in [9.17, 15) is 33.6 Å². The Kier molecular flexibility index (Phi) is 5.71. The molecule has 1 saturated carbocycles. The lowest BCUT2D eigenvalue weighted by Crippen LogP contribution is -2.63. The van der Waals surface area contributed by atoms with Crippen molar-refractivity contribution in [1.82, 2.24) is 4.90 Å². The molecule has 0 bridgehead atoms. The van der Waals surface area contributed by atoms with Crippen LogP contribution in [0.15, 0.2) is 0 Å². The van der Waals surface area contributed by atoms with Crippen LogP contribution in [0.3, 0.4) is 0 Å². The Morgan fingerprint density at radius 3 is 2.05 bits per heavy atom. The Morgan fingerprint density at radius 2 is 1.55 bits per heavy atom. The van der Waals surface area contributed by atoms with Gasteiger partial charge in [-0.05, 0) is 31.6 Å². The minimum absolute atomic E-state index is 0.0438. The Hall–Kier alpha value is -0.410. The van der Waals surface area contributed by atoms with Crippen molar-refractivity contribution in [2.45, 2.75) is 56.2 Å². The van der Waals surface area contributed by atoms with E-state index in [2.05, 4.69) is 0 Å². The van der Waals surface area contributed by atoms with Crippen molar-refractivity contribution in [3.63, 3.8) is 0 Å². The third kappa shape index (κ3) is 3.91. The standard InChI is InChI=1S/C14H24F3NO4/c15-14(16,17)9-3-1-8(2-4-9)5-18-6-11(20)13(22)12(21)10(18)7-19/h8-13,19-22H,1-7H2. The van der Waals surface area contributed by atoms with Crippen LogP contribution in [0, 0.1) is 11.8 Å². The van der Waals surface area contributed by atoms with E-state index in [1.165, 1.54) is 0 Å². The average Bonchev–Trinajstić information content (AvgIpc) is 2.45. The molecule has 2 fully saturated rings. The van der Waals surface area contributed by atoms with E-state index >= 15 is 0 Å². The van der Waals surface area contributed by atoms with E-state index in [0.29, 0.717) is 19.4 Å². The highest BCUT2D eigenvalue weighted by Crippen LogP contribution is 2.40. The number of rotatable bonds is 3. The number of hydrogen-bond donors (Lipinski definition) is 4. The van der Waals surface area contributed by atoms with Crippen LogP contribution in [0.2, 0.25) is 0 Å². The van der Waals surface area contributed by atoms with Gasteiger partial charge >= 0.3 is 6.18 Å². The lowest BCUT2D eigenvalue weighted by molar-refractivity contribution is -0.185. The zero-order valence-corrected chi connectivity index (χ0v) is 12.3. The Labute approximate surface area is 127 Å². The summed E-state index contributed by atoms with van der Waals surface area (Å²) in [7, 11) is 0. The SMILES string of the molecule is OCC1C(O)C(O)C(O)CN1CC1CCC(C(F)(F)F)CC1. The summed E-state index contributed by atoms with van der Waals surface area (Å²) in [5.41, 5.74) is 0. The van der Waals surface area contributed by atoms with Gasteiger partial charge in [0.05, 0.1) is 24.7 Å². The van der Waals surface area contributed by atoms with Gasteiger partial charge in [0.25, 0.3) is 0 Å². The molecule has 2 rings (SSSR count). The summed E-state index contributed by atoms with van der Waals surface area (Å²) in [6.45, 7) is 0.141. The second-order valence-corrected chi connectivity index (χ2v) is 6.51. The third-order valence-electron chi connectivity index (χ3n) is 5.02. The second kappa shape index (κ2) is 7.00. The van der Waals surface area contributed by atoms with Crippen molar-refractivity contribution in [1.29, 1.82) is 0 Å². The summed E-state index contributed by atoms with van der Waals surface area (Å²) in [6.07, 6.45) is -6.76. The van der Waals surface area contributed by atoms with E-state index < -0.39 is 36.4 Å². The number of nitrogens with zero attached hydrogens (tertiary/aromatic N) is 1. The molecule has 1 aliphatic carbocycles. The van der Waals surface area contributed by atoms with Crippen LogP contribution in [0.25, 0.3) is 0 Å². The van der Waals surface area contributed by atoms with Gasteiger partial charge in [-0.2, -0.15) is 13.2 Å². The highest BCUT2D eigenvalue weighted by atomic mass is 19.4. The molecule has 8 heteroatoms. The first-order valence-corrected chi connectivity index (χ1v) is 7.69. The van der Waals surface area contributed by atoms with Gasteiger partial charge in [0, 0.05) is 13.1 Å². The van der Waals surface area contributed by atoms with Crippen molar-refractivity contribution in [3.8, 4) is 0 Å². The molecular weight excluding hydrogens is 303 g/mol. The number of hydrogen-bond acceptors (Lipinski definition) is 5. The molecule has 1 heterocycles. The van der Waals surface area contributed by atoms with Gasteiger partial charge in [-0.3, -0.25) is 4.90 Å². The number of piperidine rings is 1. The highest BCUT2D eigenvalue weighted by molar-refractivity contribution is 4.95. The fourth-order valence-corrected chi connectivity index (χ4v) is 3.59. The predicted octanol–water partition coefficient (Wildman–Crippen LogP) is 0.114. The Bertz CT molecular complexity index is 360. The normalized spacial score (nSPS) is 41.6. The van der Waals surface area contributed by atoms with E-state index in [-0.39, 0.29) is 31.9 Å². The van der Waals surface area contributed by atoms with Crippen molar-refractivity contribution in [2.75, 3.05) is 19.7 Å². The van der Waals surface area contributed by atoms with Gasteiger partial charge in [-0.15, -0.1) is 0 Å². The maximum absolute atomic E-state index is 12.7. The number of β-amino-alcohol motifs (C(OH)–C–C–N with tert-alkyl or cyclic N) is 1. The zero-order chi connectivity index (χ0) is 16.5. The van der Waals surface area contributed by atoms with Gasteiger partial charge in [-0.1, -0.05) is 0 Å². The monoisotopic (exact) mass is 327 g/mol. The molecule has 0 aromatic rings. The lowest BCUT2D eigenvalue weighted by atomic mass is 9.80. The van der Waals surface area contributed by atoms with Crippen molar-refractivity contribution >= 4 is 0 Å². The molecule has 1 aliphatic heterocycles. The molecule has 22 heavy (non-hydrogen) atoms. The third-order valence-corrected chi connectivity index (χ3v) is 5.02. The molecule has 4 atom stereocenters. The Morgan fingerprint density at radius 1 is 0.955 bits per heavy atom. The first kappa shape index (κ1) is 17.9. The number of aliphatic hydroxyl groups is 4. The fraction of sp³-hybridized carbons (Fsp3) is 1.00. The lowest BCUT2D eigenvalue weighted by Gasteiger charge is -2.45. The van der Waals surface area contributed by atoms with Crippen LogP contribution in [-0.4, -0.2) is 75.6 Å². The van der Waals surface area contributed by atoms with E-state index in [4.69, 9.17) is 0 Å². The van der Waals surface area contributed by atoms with Gasteiger partial charge < -0.3 is 20.4 Å². The topological polar surface area (TPSA) is 84.2 Å². The fourth-order valence-electron chi connectivity index (χ4n) is 3.59. The van der Waals surface area contributed by atoms with E-state index in [1.54, 1.807) is 4.90 Å². The van der Waals surface area contributed by atoms with Crippen molar-refractivity contribution in [3.05, 3.63) is 0 Å². The molecule has 0 radical (unpaired) electrons. The summed E-state index contributed by atoms with van der Waals surface area (Å²) in [4.78, 5) is 1.68. The molecule has 1 saturated heterocycles. The number of halogens is 3. The maximum atomic E-state index is 12.7. The van der Waals surface area contributed by atoms with Crippen LogP contribution in [0.4, 0.5) is 13.2 Å². The minimum Gasteiger partial charge on any atom is -0.395 e. The van der Waals surface area contributed by atoms with Gasteiger partial charge in [0.1, 0.15) is 12.2 Å². The number of likely N-dealkylation sites (tertiary alicyclic amines) is 1. The summed E-state index contributed by atoms with van der Waals surface area (Å²) in [5.74, 6) is -1.20. The number of alkyl halides is 3. The molecule has 2 aliphatic rings. The largest absolute Gasteiger partial charge is 0.395 e. The van der Waals surface area contributed by atoms with E-state index in [1.807, 2.05) is 0 Å². The molecule has 0 spiro atoms. The molecule has 5 nitrogen and oxygen atoms in total. The Balaban J connectivity index is 1.90. The van der Waals surface area contributed by atoms with E-state index in [0.717, 1.165) is 0 Å². The average molecular weight is 327 g/mol. The number of aliphatic hydroxyl groups excluding tert-OH is 4. The molecule has 130 valence electrons.